The number of alkyl carbamates (subject to hydrolysis) is 1. The fourth-order valence-corrected chi connectivity index (χ4v) is 4.80. The second-order valence-corrected chi connectivity index (χ2v) is 9.59. The van der Waals surface area contributed by atoms with Crippen LogP contribution in [0, 0.1) is 11.8 Å². The van der Waals surface area contributed by atoms with E-state index in [1.807, 2.05) is 24.3 Å². The summed E-state index contributed by atoms with van der Waals surface area (Å²) >= 11 is 0. The summed E-state index contributed by atoms with van der Waals surface area (Å²) in [5.74, 6) is -0.769. The van der Waals surface area contributed by atoms with Gasteiger partial charge in [0.05, 0.1) is 0 Å². The van der Waals surface area contributed by atoms with Crippen LogP contribution in [0.3, 0.4) is 0 Å². The maximum atomic E-state index is 12.3. The minimum absolute atomic E-state index is 0.0322. The third-order valence-corrected chi connectivity index (χ3v) is 6.67. The lowest BCUT2D eigenvalue weighted by molar-refractivity contribution is -0.146. The van der Waals surface area contributed by atoms with Crippen LogP contribution < -0.4 is 10.6 Å². The molecule has 2 aliphatic carbocycles. The Hall–Kier alpha value is -3.35. The number of carbonyl (C=O) groups excluding carboxylic acids is 2. The number of carboxylic acids is 1. The van der Waals surface area contributed by atoms with Crippen LogP contribution in [0.4, 0.5) is 4.79 Å². The highest BCUT2D eigenvalue weighted by Gasteiger charge is 2.34. The molecule has 174 valence electrons. The summed E-state index contributed by atoms with van der Waals surface area (Å²) in [6.45, 7) is 3.73. The van der Waals surface area contributed by atoms with E-state index >= 15 is 0 Å². The van der Waals surface area contributed by atoms with Crippen molar-refractivity contribution in [1.82, 2.24) is 10.6 Å². The van der Waals surface area contributed by atoms with Crippen LogP contribution in [0.5, 0.6) is 0 Å². The summed E-state index contributed by atoms with van der Waals surface area (Å²) in [5, 5.41) is 14.5. The normalized spacial score (nSPS) is 19.1. The molecule has 1 fully saturated rings. The molecular formula is C26H30N2O5. The fourth-order valence-electron chi connectivity index (χ4n) is 4.80. The number of hydrogen-bond donors (Lipinski definition) is 3. The summed E-state index contributed by atoms with van der Waals surface area (Å²) < 4.78 is 5.56. The van der Waals surface area contributed by atoms with Crippen molar-refractivity contribution < 1.29 is 24.2 Å². The zero-order valence-electron chi connectivity index (χ0n) is 19.0. The number of carboxylic acid groups (broad SMARTS) is 1. The van der Waals surface area contributed by atoms with Gasteiger partial charge in [0.25, 0.3) is 0 Å². The number of aliphatic carboxylic acids is 1. The Kier molecular flexibility index (Phi) is 6.40. The molecule has 2 amide bonds. The molecule has 33 heavy (non-hydrogen) atoms. The van der Waals surface area contributed by atoms with Gasteiger partial charge in [-0.15, -0.1) is 0 Å². The van der Waals surface area contributed by atoms with E-state index in [4.69, 9.17) is 9.84 Å². The van der Waals surface area contributed by atoms with E-state index in [1.54, 1.807) is 0 Å². The SMILES string of the molecule is CC(C)(NC(=O)CC1CC(CNC(=O)OCC2c3ccccc3-c3ccccc32)C1)C(=O)O. The van der Waals surface area contributed by atoms with Crippen molar-refractivity contribution >= 4 is 18.0 Å². The van der Waals surface area contributed by atoms with Crippen LogP contribution in [-0.4, -0.2) is 41.8 Å². The van der Waals surface area contributed by atoms with Crippen molar-refractivity contribution in [1.29, 1.82) is 0 Å². The molecule has 0 spiro atoms. The molecule has 1 saturated carbocycles. The zero-order chi connectivity index (χ0) is 23.6. The van der Waals surface area contributed by atoms with Gasteiger partial charge in [-0.05, 0) is 60.8 Å². The number of rotatable bonds is 8. The molecule has 0 heterocycles. The molecule has 0 radical (unpaired) electrons. The standard InChI is InChI=1S/C26H30N2O5/c1-26(2,24(30)31)28-23(29)13-16-11-17(12-16)14-27-25(32)33-15-22-20-9-5-3-7-18(20)19-8-4-6-10-21(19)22/h3-10,16-17,22H,11-15H2,1-2H3,(H,27,32)(H,28,29)(H,30,31). The molecule has 0 aliphatic heterocycles. The minimum atomic E-state index is -1.27. The predicted molar refractivity (Wildman–Crippen MR) is 124 cm³/mol. The van der Waals surface area contributed by atoms with Crippen molar-refractivity contribution in [2.45, 2.75) is 44.6 Å². The first-order valence-electron chi connectivity index (χ1n) is 11.4. The number of ether oxygens (including phenoxy) is 1. The fraction of sp³-hybridized carbons (Fsp3) is 0.423. The number of carbonyl (C=O) groups is 3. The van der Waals surface area contributed by atoms with Crippen molar-refractivity contribution in [2.24, 2.45) is 11.8 Å². The minimum Gasteiger partial charge on any atom is -0.480 e. The van der Waals surface area contributed by atoms with Crippen LogP contribution in [-0.2, 0) is 14.3 Å². The van der Waals surface area contributed by atoms with Crippen LogP contribution in [0.2, 0.25) is 0 Å². The molecule has 0 aromatic heterocycles. The topological polar surface area (TPSA) is 105 Å². The van der Waals surface area contributed by atoms with E-state index in [0.717, 1.165) is 12.8 Å². The predicted octanol–water partition coefficient (Wildman–Crippen LogP) is 3.92. The van der Waals surface area contributed by atoms with Gasteiger partial charge in [0, 0.05) is 18.9 Å². The molecule has 7 nitrogen and oxygen atoms in total. The van der Waals surface area contributed by atoms with Gasteiger partial charge in [0.1, 0.15) is 12.1 Å². The molecule has 4 rings (SSSR count). The van der Waals surface area contributed by atoms with E-state index in [2.05, 4.69) is 34.9 Å². The van der Waals surface area contributed by atoms with Crippen molar-refractivity contribution in [3.8, 4) is 11.1 Å². The number of fused-ring (bicyclic) bond motifs is 3. The monoisotopic (exact) mass is 450 g/mol. The number of hydrogen-bond acceptors (Lipinski definition) is 4. The van der Waals surface area contributed by atoms with E-state index in [1.165, 1.54) is 36.1 Å². The molecule has 0 saturated heterocycles. The van der Waals surface area contributed by atoms with Gasteiger partial charge in [-0.3, -0.25) is 4.79 Å². The third kappa shape index (κ3) is 5.02. The molecule has 2 aromatic rings. The van der Waals surface area contributed by atoms with Crippen molar-refractivity contribution in [3.63, 3.8) is 0 Å². The quantitative estimate of drug-likeness (QED) is 0.565. The van der Waals surface area contributed by atoms with Crippen LogP contribution in [0.15, 0.2) is 48.5 Å². The average Bonchev–Trinajstić information content (AvgIpc) is 3.07. The Bertz CT molecular complexity index is 1010. The van der Waals surface area contributed by atoms with Crippen molar-refractivity contribution in [3.05, 3.63) is 59.7 Å². The van der Waals surface area contributed by atoms with E-state index in [9.17, 15) is 14.4 Å². The summed E-state index contributed by atoms with van der Waals surface area (Å²) in [4.78, 5) is 35.5. The maximum Gasteiger partial charge on any atom is 0.407 e. The molecule has 2 aliphatic rings. The van der Waals surface area contributed by atoms with Gasteiger partial charge in [0.15, 0.2) is 0 Å². The highest BCUT2D eigenvalue weighted by Crippen LogP contribution is 2.44. The smallest absolute Gasteiger partial charge is 0.407 e. The Balaban J connectivity index is 1.19. The number of amides is 2. The molecule has 2 aromatic carbocycles. The first-order chi connectivity index (χ1) is 15.7. The summed E-state index contributed by atoms with van der Waals surface area (Å²) in [6.07, 6.45) is 1.52. The molecule has 0 bridgehead atoms. The Labute approximate surface area is 193 Å². The van der Waals surface area contributed by atoms with E-state index < -0.39 is 17.6 Å². The van der Waals surface area contributed by atoms with Gasteiger partial charge in [-0.2, -0.15) is 0 Å². The van der Waals surface area contributed by atoms with Gasteiger partial charge in [-0.1, -0.05) is 48.5 Å². The Morgan fingerprint density at radius 3 is 2.12 bits per heavy atom. The number of nitrogens with one attached hydrogen (secondary N) is 2. The van der Waals surface area contributed by atoms with E-state index in [-0.39, 0.29) is 24.3 Å². The van der Waals surface area contributed by atoms with Gasteiger partial charge in [-0.25, -0.2) is 9.59 Å². The first-order valence-corrected chi connectivity index (χ1v) is 11.4. The van der Waals surface area contributed by atoms with Crippen LogP contribution in [0.1, 0.15) is 50.2 Å². The Morgan fingerprint density at radius 2 is 1.55 bits per heavy atom. The third-order valence-electron chi connectivity index (χ3n) is 6.67. The van der Waals surface area contributed by atoms with Crippen LogP contribution in [0.25, 0.3) is 11.1 Å². The average molecular weight is 451 g/mol. The lowest BCUT2D eigenvalue weighted by Crippen LogP contribution is -2.50. The lowest BCUT2D eigenvalue weighted by Gasteiger charge is -2.35. The van der Waals surface area contributed by atoms with Crippen LogP contribution >= 0.6 is 0 Å². The summed E-state index contributed by atoms with van der Waals surface area (Å²) in [6, 6.07) is 16.4. The van der Waals surface area contributed by atoms with Gasteiger partial charge < -0.3 is 20.5 Å². The molecule has 3 N–H and O–H groups in total. The van der Waals surface area contributed by atoms with E-state index in [0.29, 0.717) is 18.9 Å². The largest absolute Gasteiger partial charge is 0.480 e. The molecule has 0 atom stereocenters. The Morgan fingerprint density at radius 1 is 0.970 bits per heavy atom. The maximum absolute atomic E-state index is 12.3. The van der Waals surface area contributed by atoms with Crippen molar-refractivity contribution in [2.75, 3.05) is 13.2 Å². The van der Waals surface area contributed by atoms with Gasteiger partial charge in [0.2, 0.25) is 5.91 Å². The highest BCUT2D eigenvalue weighted by molar-refractivity contribution is 5.86. The second-order valence-electron chi connectivity index (χ2n) is 9.59. The highest BCUT2D eigenvalue weighted by atomic mass is 16.5. The molecule has 0 unspecified atom stereocenters. The molecular weight excluding hydrogens is 420 g/mol. The second kappa shape index (κ2) is 9.25. The lowest BCUT2D eigenvalue weighted by atomic mass is 9.73. The molecule has 7 heteroatoms. The first kappa shape index (κ1) is 22.8. The number of benzene rings is 2. The zero-order valence-corrected chi connectivity index (χ0v) is 19.0. The summed E-state index contributed by atoms with van der Waals surface area (Å²) in [5.41, 5.74) is 3.47. The summed E-state index contributed by atoms with van der Waals surface area (Å²) in [7, 11) is 0. The van der Waals surface area contributed by atoms with Gasteiger partial charge >= 0.3 is 12.1 Å².